The van der Waals surface area contributed by atoms with Crippen LogP contribution in [0, 0.1) is 0 Å². The van der Waals surface area contributed by atoms with Gasteiger partial charge in [0.15, 0.2) is 0 Å². The van der Waals surface area contributed by atoms with Gasteiger partial charge in [0.25, 0.3) is 0 Å². The Morgan fingerprint density at radius 1 is 0.615 bits per heavy atom. The van der Waals surface area contributed by atoms with Crippen LogP contribution in [0.4, 0.5) is 0 Å². The summed E-state index contributed by atoms with van der Waals surface area (Å²) in [5.41, 5.74) is 0. The summed E-state index contributed by atoms with van der Waals surface area (Å²) < 4.78 is 17.1. The summed E-state index contributed by atoms with van der Waals surface area (Å²) in [6.07, 6.45) is 8.52. The predicted molar refractivity (Wildman–Crippen MR) is 49.2 cm³/mol. The average Bonchev–Trinajstić information content (AvgIpc) is 2.94. The minimum absolute atomic E-state index is 0.448. The van der Waals surface area contributed by atoms with E-state index >= 15 is 0 Å². The fraction of sp³-hybridized carbons (Fsp3) is 1.00. The van der Waals surface area contributed by atoms with Crippen molar-refractivity contribution in [3.8, 4) is 0 Å². The molecule has 74 valence electrons. The smallest absolute Gasteiger partial charge is 0.309 e. The van der Waals surface area contributed by atoms with Crippen molar-refractivity contribution in [3.63, 3.8) is 0 Å². The van der Waals surface area contributed by atoms with Crippen LogP contribution in [0.2, 0.25) is 0 Å². The Hall–Kier alpha value is 0.310. The normalized spacial score (nSPS) is 28.4. The van der Waals surface area contributed by atoms with Crippen LogP contribution in [0.3, 0.4) is 0 Å². The first-order valence-electron chi connectivity index (χ1n) is 5.20. The molecule has 0 aliphatic heterocycles. The Kier molecular flexibility index (Phi) is 2.30. The van der Waals surface area contributed by atoms with Gasteiger partial charge in [-0.2, -0.15) is 0 Å². The molecule has 4 heteroatoms. The van der Waals surface area contributed by atoms with Gasteiger partial charge in [0.2, 0.25) is 0 Å². The minimum atomic E-state index is -0.992. The van der Waals surface area contributed by atoms with Gasteiger partial charge in [0.1, 0.15) is 0 Å². The van der Waals surface area contributed by atoms with Gasteiger partial charge in [-0.15, -0.1) is 0 Å². The van der Waals surface area contributed by atoms with Gasteiger partial charge in [-0.3, -0.25) is 0 Å². The summed E-state index contributed by atoms with van der Waals surface area (Å²) in [5.74, 6) is 0. The molecular formula is C9H15O3P. The maximum atomic E-state index is 5.68. The zero-order chi connectivity index (χ0) is 8.67. The van der Waals surface area contributed by atoms with E-state index in [1.807, 2.05) is 0 Å². The van der Waals surface area contributed by atoms with Crippen LogP contribution in [-0.2, 0) is 13.6 Å². The van der Waals surface area contributed by atoms with Crippen molar-refractivity contribution >= 4 is 8.60 Å². The highest BCUT2D eigenvalue weighted by molar-refractivity contribution is 7.41. The Balaban J connectivity index is 1.45. The lowest BCUT2D eigenvalue weighted by atomic mass is 10.9. The third-order valence-electron chi connectivity index (χ3n) is 2.28. The highest BCUT2D eigenvalue weighted by Crippen LogP contribution is 2.53. The first-order valence-corrected chi connectivity index (χ1v) is 6.30. The third-order valence-corrected chi connectivity index (χ3v) is 3.69. The van der Waals surface area contributed by atoms with Crippen LogP contribution < -0.4 is 0 Å². The van der Waals surface area contributed by atoms with Gasteiger partial charge in [0.05, 0.1) is 18.3 Å². The summed E-state index contributed by atoms with van der Waals surface area (Å²) >= 11 is 0. The molecule has 0 saturated heterocycles. The second-order valence-corrected chi connectivity index (χ2v) is 5.22. The molecule has 0 heterocycles. The zero-order valence-corrected chi connectivity index (χ0v) is 8.54. The van der Waals surface area contributed by atoms with E-state index in [2.05, 4.69) is 0 Å². The van der Waals surface area contributed by atoms with Crippen LogP contribution in [0.1, 0.15) is 38.5 Å². The molecule has 0 spiro atoms. The first-order chi connectivity index (χ1) is 6.40. The van der Waals surface area contributed by atoms with E-state index in [0.717, 1.165) is 0 Å². The summed E-state index contributed by atoms with van der Waals surface area (Å²) in [4.78, 5) is 0. The fourth-order valence-electron chi connectivity index (χ4n) is 0.960. The fourth-order valence-corrected chi connectivity index (χ4v) is 2.47. The van der Waals surface area contributed by atoms with Crippen molar-refractivity contribution in [2.45, 2.75) is 56.8 Å². The van der Waals surface area contributed by atoms with Crippen LogP contribution in [-0.4, -0.2) is 18.3 Å². The maximum Gasteiger partial charge on any atom is 0.333 e. The number of hydrogen-bond donors (Lipinski definition) is 0. The molecule has 3 rings (SSSR count). The summed E-state index contributed by atoms with van der Waals surface area (Å²) in [6, 6.07) is 0. The zero-order valence-electron chi connectivity index (χ0n) is 7.65. The van der Waals surface area contributed by atoms with Gasteiger partial charge in [-0.1, -0.05) is 0 Å². The Bertz CT molecular complexity index is 154. The summed E-state index contributed by atoms with van der Waals surface area (Å²) in [7, 11) is -0.992. The minimum Gasteiger partial charge on any atom is -0.309 e. The van der Waals surface area contributed by atoms with E-state index in [1.165, 1.54) is 38.5 Å². The Morgan fingerprint density at radius 2 is 0.923 bits per heavy atom. The highest BCUT2D eigenvalue weighted by atomic mass is 31.2. The molecule has 3 nitrogen and oxygen atoms in total. The molecule has 0 amide bonds. The molecule has 0 radical (unpaired) electrons. The van der Waals surface area contributed by atoms with E-state index in [1.54, 1.807) is 0 Å². The molecule has 0 bridgehead atoms. The van der Waals surface area contributed by atoms with Gasteiger partial charge < -0.3 is 13.6 Å². The van der Waals surface area contributed by atoms with Crippen LogP contribution in [0.15, 0.2) is 0 Å². The monoisotopic (exact) mass is 202 g/mol. The van der Waals surface area contributed by atoms with Crippen LogP contribution in [0.25, 0.3) is 0 Å². The largest absolute Gasteiger partial charge is 0.333 e. The first kappa shape index (κ1) is 8.60. The summed E-state index contributed by atoms with van der Waals surface area (Å²) in [6.45, 7) is 0. The van der Waals surface area contributed by atoms with Gasteiger partial charge in [-0.25, -0.2) is 0 Å². The molecule has 3 aliphatic rings. The van der Waals surface area contributed by atoms with E-state index in [0.29, 0.717) is 18.3 Å². The average molecular weight is 202 g/mol. The predicted octanol–water partition coefficient (Wildman–Crippen LogP) is 2.75. The topological polar surface area (TPSA) is 27.7 Å². The van der Waals surface area contributed by atoms with Crippen LogP contribution >= 0.6 is 8.60 Å². The van der Waals surface area contributed by atoms with E-state index < -0.39 is 8.60 Å². The molecule has 0 N–H and O–H groups in total. The standard InChI is InChI=1S/C9H15O3P/c1-2-7(1)10-13(11-8-3-4-8)12-9-5-6-9/h7-9H,1-6H2. The molecule has 0 atom stereocenters. The molecule has 0 aromatic heterocycles. The lowest BCUT2D eigenvalue weighted by Gasteiger charge is -2.15. The molecule has 0 aromatic carbocycles. The quantitative estimate of drug-likeness (QED) is 0.620. The Morgan fingerprint density at radius 3 is 1.15 bits per heavy atom. The number of rotatable bonds is 6. The molecular weight excluding hydrogens is 187 g/mol. The van der Waals surface area contributed by atoms with Crippen LogP contribution in [0.5, 0.6) is 0 Å². The van der Waals surface area contributed by atoms with Crippen molar-refractivity contribution in [2.75, 3.05) is 0 Å². The van der Waals surface area contributed by atoms with Crippen molar-refractivity contribution in [1.82, 2.24) is 0 Å². The van der Waals surface area contributed by atoms with Gasteiger partial charge >= 0.3 is 8.60 Å². The lowest BCUT2D eigenvalue weighted by Crippen LogP contribution is -1.99. The van der Waals surface area contributed by atoms with Gasteiger partial charge in [0, 0.05) is 0 Å². The maximum absolute atomic E-state index is 5.68. The van der Waals surface area contributed by atoms with Crippen molar-refractivity contribution in [2.24, 2.45) is 0 Å². The molecule has 13 heavy (non-hydrogen) atoms. The SMILES string of the molecule is C1CC1OP(OC1CC1)OC1CC1. The van der Waals surface area contributed by atoms with Crippen molar-refractivity contribution in [3.05, 3.63) is 0 Å². The van der Waals surface area contributed by atoms with Crippen molar-refractivity contribution in [1.29, 1.82) is 0 Å². The van der Waals surface area contributed by atoms with E-state index in [-0.39, 0.29) is 0 Å². The van der Waals surface area contributed by atoms with Gasteiger partial charge in [-0.05, 0) is 38.5 Å². The second-order valence-electron chi connectivity index (χ2n) is 4.14. The third kappa shape index (κ3) is 2.88. The molecule has 0 aromatic rings. The van der Waals surface area contributed by atoms with E-state index in [9.17, 15) is 0 Å². The molecule has 3 fully saturated rings. The summed E-state index contributed by atoms with van der Waals surface area (Å²) in [5, 5.41) is 0. The molecule has 0 unspecified atom stereocenters. The number of hydrogen-bond acceptors (Lipinski definition) is 3. The Labute approximate surface area is 79.7 Å². The van der Waals surface area contributed by atoms with Crippen molar-refractivity contribution < 1.29 is 13.6 Å². The highest BCUT2D eigenvalue weighted by Gasteiger charge is 2.37. The second kappa shape index (κ2) is 3.47. The molecule has 3 aliphatic carbocycles. The lowest BCUT2D eigenvalue weighted by molar-refractivity contribution is 0.143. The molecule has 3 saturated carbocycles. The van der Waals surface area contributed by atoms with E-state index in [4.69, 9.17) is 13.6 Å².